The number of hydrogen-bond donors (Lipinski definition) is 1. The Hall–Kier alpha value is -0.870. The van der Waals surface area contributed by atoms with Crippen molar-refractivity contribution < 1.29 is 4.74 Å². The SMILES string of the molecule is COc1ccc(SCCN(C)C)c(N)c1. The van der Waals surface area contributed by atoms with Gasteiger partial charge in [0.2, 0.25) is 0 Å². The minimum absolute atomic E-state index is 0.790. The molecule has 0 heterocycles. The fraction of sp³-hybridized carbons (Fsp3) is 0.455. The average molecular weight is 226 g/mol. The fourth-order valence-corrected chi connectivity index (χ4v) is 2.19. The van der Waals surface area contributed by atoms with Gasteiger partial charge in [-0.25, -0.2) is 0 Å². The van der Waals surface area contributed by atoms with E-state index in [1.165, 1.54) is 0 Å². The lowest BCUT2D eigenvalue weighted by Crippen LogP contribution is -2.14. The van der Waals surface area contributed by atoms with Crippen LogP contribution in [0.3, 0.4) is 0 Å². The van der Waals surface area contributed by atoms with E-state index in [4.69, 9.17) is 10.5 Å². The van der Waals surface area contributed by atoms with Crippen molar-refractivity contribution in [3.63, 3.8) is 0 Å². The summed E-state index contributed by atoms with van der Waals surface area (Å²) in [6, 6.07) is 5.81. The molecule has 0 bridgehead atoms. The Morgan fingerprint density at radius 3 is 2.67 bits per heavy atom. The summed E-state index contributed by atoms with van der Waals surface area (Å²) in [5, 5.41) is 0. The maximum Gasteiger partial charge on any atom is 0.120 e. The van der Waals surface area contributed by atoms with E-state index in [1.807, 2.05) is 18.2 Å². The standard InChI is InChI=1S/C11H18N2OS/c1-13(2)6-7-15-11-5-4-9(14-3)8-10(11)12/h4-5,8H,6-7,12H2,1-3H3. The second kappa shape index (κ2) is 5.88. The van der Waals surface area contributed by atoms with Crippen LogP contribution in [0.15, 0.2) is 23.1 Å². The normalized spacial score (nSPS) is 10.7. The van der Waals surface area contributed by atoms with Crippen LogP contribution < -0.4 is 10.5 Å². The average Bonchev–Trinajstić information content (AvgIpc) is 2.20. The number of methoxy groups -OCH3 is 1. The number of nitrogens with zero attached hydrogens (tertiary/aromatic N) is 1. The highest BCUT2D eigenvalue weighted by atomic mass is 32.2. The van der Waals surface area contributed by atoms with Crippen molar-refractivity contribution >= 4 is 17.4 Å². The van der Waals surface area contributed by atoms with Crippen LogP contribution in [0.4, 0.5) is 5.69 Å². The van der Waals surface area contributed by atoms with Crippen molar-refractivity contribution in [3.8, 4) is 5.75 Å². The number of hydrogen-bond acceptors (Lipinski definition) is 4. The number of nitrogens with two attached hydrogens (primary N) is 1. The van der Waals surface area contributed by atoms with Crippen LogP contribution in [-0.4, -0.2) is 38.4 Å². The van der Waals surface area contributed by atoms with Crippen molar-refractivity contribution in [1.29, 1.82) is 0 Å². The molecule has 15 heavy (non-hydrogen) atoms. The Balaban J connectivity index is 2.54. The van der Waals surface area contributed by atoms with Crippen molar-refractivity contribution in [2.45, 2.75) is 4.90 Å². The Bertz CT molecular complexity index is 315. The lowest BCUT2D eigenvalue weighted by molar-refractivity contribution is 0.415. The summed E-state index contributed by atoms with van der Waals surface area (Å²) in [5.74, 6) is 1.85. The van der Waals surface area contributed by atoms with Gasteiger partial charge < -0.3 is 15.4 Å². The zero-order valence-corrected chi connectivity index (χ0v) is 10.3. The molecule has 0 atom stereocenters. The summed E-state index contributed by atoms with van der Waals surface area (Å²) in [5.41, 5.74) is 6.69. The molecule has 0 spiro atoms. The largest absolute Gasteiger partial charge is 0.497 e. The molecule has 4 heteroatoms. The van der Waals surface area contributed by atoms with Gasteiger partial charge in [-0.05, 0) is 26.2 Å². The number of benzene rings is 1. The van der Waals surface area contributed by atoms with E-state index in [2.05, 4.69) is 19.0 Å². The van der Waals surface area contributed by atoms with Crippen molar-refractivity contribution in [2.24, 2.45) is 0 Å². The summed E-state index contributed by atoms with van der Waals surface area (Å²) in [4.78, 5) is 3.28. The molecule has 3 nitrogen and oxygen atoms in total. The highest BCUT2D eigenvalue weighted by Crippen LogP contribution is 2.28. The molecular formula is C11H18N2OS. The van der Waals surface area contributed by atoms with Crippen molar-refractivity contribution in [2.75, 3.05) is 39.2 Å². The van der Waals surface area contributed by atoms with E-state index in [-0.39, 0.29) is 0 Å². The second-order valence-electron chi connectivity index (χ2n) is 3.56. The minimum Gasteiger partial charge on any atom is -0.497 e. The Kier molecular flexibility index (Phi) is 4.78. The first-order valence-corrected chi connectivity index (χ1v) is 5.83. The number of rotatable bonds is 5. The Labute approximate surface area is 95.6 Å². The van der Waals surface area contributed by atoms with E-state index in [0.29, 0.717) is 0 Å². The highest BCUT2D eigenvalue weighted by Gasteiger charge is 2.01. The van der Waals surface area contributed by atoms with Crippen LogP contribution in [-0.2, 0) is 0 Å². The molecule has 0 aromatic heterocycles. The Morgan fingerprint density at radius 1 is 1.40 bits per heavy atom. The van der Waals surface area contributed by atoms with Gasteiger partial charge in [-0.2, -0.15) is 0 Å². The smallest absolute Gasteiger partial charge is 0.120 e. The lowest BCUT2D eigenvalue weighted by atomic mass is 10.3. The van der Waals surface area contributed by atoms with Crippen LogP contribution in [0.1, 0.15) is 0 Å². The monoisotopic (exact) mass is 226 g/mol. The molecule has 1 aromatic carbocycles. The molecule has 84 valence electrons. The van der Waals surface area contributed by atoms with Crippen LogP contribution in [0.2, 0.25) is 0 Å². The molecule has 0 amide bonds. The van der Waals surface area contributed by atoms with Gasteiger partial charge >= 0.3 is 0 Å². The van der Waals surface area contributed by atoms with E-state index >= 15 is 0 Å². The van der Waals surface area contributed by atoms with Crippen molar-refractivity contribution in [1.82, 2.24) is 4.90 Å². The van der Waals surface area contributed by atoms with E-state index < -0.39 is 0 Å². The number of anilines is 1. The fourth-order valence-electron chi connectivity index (χ4n) is 1.12. The molecular weight excluding hydrogens is 208 g/mol. The zero-order chi connectivity index (χ0) is 11.3. The summed E-state index contributed by atoms with van der Waals surface area (Å²) in [7, 11) is 5.78. The molecule has 0 saturated heterocycles. The first-order valence-electron chi connectivity index (χ1n) is 4.84. The van der Waals surface area contributed by atoms with Gasteiger partial charge in [-0.3, -0.25) is 0 Å². The van der Waals surface area contributed by atoms with Gasteiger partial charge in [-0.1, -0.05) is 0 Å². The van der Waals surface area contributed by atoms with E-state index in [1.54, 1.807) is 18.9 Å². The number of nitrogen functional groups attached to an aromatic ring is 1. The molecule has 0 saturated carbocycles. The first-order chi connectivity index (χ1) is 7.13. The lowest BCUT2D eigenvalue weighted by Gasteiger charge is -2.10. The third-order valence-electron chi connectivity index (χ3n) is 2.01. The maximum atomic E-state index is 5.90. The van der Waals surface area contributed by atoms with E-state index in [9.17, 15) is 0 Å². The van der Waals surface area contributed by atoms with Gasteiger partial charge in [-0.15, -0.1) is 11.8 Å². The van der Waals surface area contributed by atoms with Gasteiger partial charge in [0.15, 0.2) is 0 Å². The van der Waals surface area contributed by atoms with Crippen LogP contribution >= 0.6 is 11.8 Å². The van der Waals surface area contributed by atoms with Crippen LogP contribution in [0, 0.1) is 0 Å². The summed E-state index contributed by atoms with van der Waals surface area (Å²) in [6.45, 7) is 1.05. The topological polar surface area (TPSA) is 38.5 Å². The number of thioether (sulfide) groups is 1. The predicted octanol–water partition coefficient (Wildman–Crippen LogP) is 1.93. The summed E-state index contributed by atoms with van der Waals surface area (Å²) in [6.07, 6.45) is 0. The molecule has 0 unspecified atom stereocenters. The van der Waals surface area contributed by atoms with Gasteiger partial charge in [0.1, 0.15) is 5.75 Å². The summed E-state index contributed by atoms with van der Waals surface area (Å²) < 4.78 is 5.10. The molecule has 1 aromatic rings. The molecule has 1 rings (SSSR count). The highest BCUT2D eigenvalue weighted by molar-refractivity contribution is 7.99. The third-order valence-corrected chi connectivity index (χ3v) is 3.08. The first kappa shape index (κ1) is 12.2. The zero-order valence-electron chi connectivity index (χ0n) is 9.49. The summed E-state index contributed by atoms with van der Waals surface area (Å²) >= 11 is 1.77. The third kappa shape index (κ3) is 4.01. The van der Waals surface area contributed by atoms with Crippen LogP contribution in [0.5, 0.6) is 5.75 Å². The molecule has 0 aliphatic carbocycles. The maximum absolute atomic E-state index is 5.90. The van der Waals surface area contributed by atoms with Gasteiger partial charge in [0.25, 0.3) is 0 Å². The minimum atomic E-state index is 0.790. The quantitative estimate of drug-likeness (QED) is 0.615. The van der Waals surface area contributed by atoms with Gasteiger partial charge in [0, 0.05) is 28.9 Å². The predicted molar refractivity (Wildman–Crippen MR) is 66.7 cm³/mol. The van der Waals surface area contributed by atoms with Crippen LogP contribution in [0.25, 0.3) is 0 Å². The molecule has 0 radical (unpaired) electrons. The molecule has 0 fully saturated rings. The molecule has 2 N–H and O–H groups in total. The van der Waals surface area contributed by atoms with Gasteiger partial charge in [0.05, 0.1) is 7.11 Å². The Morgan fingerprint density at radius 2 is 2.13 bits per heavy atom. The number of ether oxygens (including phenoxy) is 1. The molecule has 0 aliphatic rings. The van der Waals surface area contributed by atoms with Crippen molar-refractivity contribution in [3.05, 3.63) is 18.2 Å². The second-order valence-corrected chi connectivity index (χ2v) is 4.69. The molecule has 0 aliphatic heterocycles. The van der Waals surface area contributed by atoms with E-state index in [0.717, 1.165) is 28.6 Å².